The summed E-state index contributed by atoms with van der Waals surface area (Å²) in [5.41, 5.74) is 1.26. The van der Waals surface area contributed by atoms with E-state index < -0.39 is 11.6 Å². The highest BCUT2D eigenvalue weighted by atomic mass is 16.2. The van der Waals surface area contributed by atoms with Crippen molar-refractivity contribution in [1.82, 2.24) is 20.4 Å². The molecule has 1 fully saturated rings. The molecule has 2 aromatic rings. The van der Waals surface area contributed by atoms with Gasteiger partial charge in [0.15, 0.2) is 0 Å². The predicted octanol–water partition coefficient (Wildman–Crippen LogP) is 1.90. The van der Waals surface area contributed by atoms with Crippen LogP contribution >= 0.6 is 0 Å². The third-order valence-corrected chi connectivity index (χ3v) is 4.90. The van der Waals surface area contributed by atoms with Crippen molar-refractivity contribution in [1.29, 1.82) is 0 Å². The number of imide groups is 1. The van der Waals surface area contributed by atoms with Gasteiger partial charge in [0.1, 0.15) is 5.54 Å². The summed E-state index contributed by atoms with van der Waals surface area (Å²) in [6, 6.07) is 16.0. The zero-order chi connectivity index (χ0) is 20.3. The monoisotopic (exact) mass is 380 g/mol. The molecule has 7 heteroatoms. The molecule has 146 valence electrons. The van der Waals surface area contributed by atoms with Crippen molar-refractivity contribution in [2.75, 3.05) is 20.8 Å². The largest absolute Gasteiger partial charge is 0.355 e. The molecule has 7 nitrogen and oxygen atoms in total. The predicted molar refractivity (Wildman–Crippen MR) is 105 cm³/mol. The van der Waals surface area contributed by atoms with Crippen LogP contribution in [-0.2, 0) is 16.9 Å². The Hall–Kier alpha value is -3.19. The third-order valence-electron chi connectivity index (χ3n) is 4.90. The molecule has 1 atom stereocenters. The first-order valence-electron chi connectivity index (χ1n) is 9.04. The summed E-state index contributed by atoms with van der Waals surface area (Å²) in [5.74, 6) is -0.412. The van der Waals surface area contributed by atoms with Crippen molar-refractivity contribution in [3.8, 4) is 0 Å². The number of urea groups is 1. The number of amides is 4. The van der Waals surface area contributed by atoms with Gasteiger partial charge in [-0.15, -0.1) is 0 Å². The molecular formula is C21H24N4O3. The summed E-state index contributed by atoms with van der Waals surface area (Å²) < 4.78 is 0. The molecule has 0 aromatic heterocycles. The minimum Gasteiger partial charge on any atom is -0.355 e. The summed E-state index contributed by atoms with van der Waals surface area (Å²) in [5, 5.41) is 5.39. The number of carbonyl (C=O) groups is 3. The van der Waals surface area contributed by atoms with Gasteiger partial charge in [-0.1, -0.05) is 42.5 Å². The molecular weight excluding hydrogens is 356 g/mol. The van der Waals surface area contributed by atoms with Gasteiger partial charge in [-0.2, -0.15) is 0 Å². The van der Waals surface area contributed by atoms with E-state index in [4.69, 9.17) is 0 Å². The zero-order valence-electron chi connectivity index (χ0n) is 16.2. The first kappa shape index (κ1) is 19.6. The Labute approximate surface area is 164 Å². The van der Waals surface area contributed by atoms with Gasteiger partial charge in [0, 0.05) is 19.2 Å². The lowest BCUT2D eigenvalue weighted by molar-refractivity contribution is -0.132. The molecule has 0 unspecified atom stereocenters. The quantitative estimate of drug-likeness (QED) is 0.750. The number of carbonyl (C=O) groups excluding carboxylic acids is 3. The van der Waals surface area contributed by atoms with E-state index in [1.165, 1.54) is 4.90 Å². The second-order valence-corrected chi connectivity index (χ2v) is 7.09. The summed E-state index contributed by atoms with van der Waals surface area (Å²) in [4.78, 5) is 40.1. The lowest BCUT2D eigenvalue weighted by Crippen LogP contribution is -2.42. The number of hydrogen-bond acceptors (Lipinski definition) is 4. The number of nitrogens with zero attached hydrogens (tertiary/aromatic N) is 2. The lowest BCUT2D eigenvalue weighted by atomic mass is 9.92. The van der Waals surface area contributed by atoms with E-state index in [9.17, 15) is 14.4 Å². The molecule has 2 aromatic carbocycles. The molecule has 4 amide bonds. The number of nitrogens with one attached hydrogen (secondary N) is 2. The van der Waals surface area contributed by atoms with Crippen molar-refractivity contribution in [3.63, 3.8) is 0 Å². The molecule has 28 heavy (non-hydrogen) atoms. The van der Waals surface area contributed by atoms with Gasteiger partial charge in [-0.3, -0.25) is 14.5 Å². The average Bonchev–Trinajstić information content (AvgIpc) is 2.92. The van der Waals surface area contributed by atoms with Gasteiger partial charge in [0.2, 0.25) is 0 Å². The first-order chi connectivity index (χ1) is 13.3. The SMILES string of the molecule is CNC(=O)c1ccc(CN(C)CN2C(=O)N[C@@](C)(c3ccccc3)C2=O)cc1. The Balaban J connectivity index is 1.67. The Kier molecular flexibility index (Phi) is 5.46. The van der Waals surface area contributed by atoms with Crippen molar-refractivity contribution in [2.24, 2.45) is 0 Å². The van der Waals surface area contributed by atoms with Crippen LogP contribution < -0.4 is 10.6 Å². The minimum absolute atomic E-state index is 0.139. The number of hydrogen-bond donors (Lipinski definition) is 2. The summed E-state index contributed by atoms with van der Waals surface area (Å²) >= 11 is 0. The van der Waals surface area contributed by atoms with Crippen molar-refractivity contribution in [2.45, 2.75) is 19.0 Å². The summed E-state index contributed by atoms with van der Waals surface area (Å²) in [6.07, 6.45) is 0. The molecule has 1 aliphatic rings. The number of benzene rings is 2. The molecule has 1 aliphatic heterocycles. The second kappa shape index (κ2) is 7.82. The molecule has 2 N–H and O–H groups in total. The van der Waals surface area contributed by atoms with E-state index in [0.717, 1.165) is 11.1 Å². The van der Waals surface area contributed by atoms with E-state index in [0.29, 0.717) is 12.1 Å². The Bertz CT molecular complexity index is 882. The fourth-order valence-electron chi connectivity index (χ4n) is 3.30. The maximum Gasteiger partial charge on any atom is 0.326 e. The fraction of sp³-hybridized carbons (Fsp3) is 0.286. The molecule has 3 rings (SSSR count). The molecule has 0 aliphatic carbocycles. The molecule has 0 radical (unpaired) electrons. The first-order valence-corrected chi connectivity index (χ1v) is 9.04. The number of rotatable bonds is 6. The second-order valence-electron chi connectivity index (χ2n) is 7.09. The smallest absolute Gasteiger partial charge is 0.326 e. The highest BCUT2D eigenvalue weighted by Crippen LogP contribution is 2.28. The van der Waals surface area contributed by atoms with Crippen LogP contribution in [0.2, 0.25) is 0 Å². The van der Waals surface area contributed by atoms with Gasteiger partial charge in [0.25, 0.3) is 11.8 Å². The minimum atomic E-state index is -1.06. The van der Waals surface area contributed by atoms with Crippen LogP contribution in [0, 0.1) is 0 Å². The van der Waals surface area contributed by atoms with Gasteiger partial charge in [-0.25, -0.2) is 9.69 Å². The van der Waals surface area contributed by atoms with Gasteiger partial charge < -0.3 is 10.6 Å². The molecule has 1 saturated heterocycles. The average molecular weight is 380 g/mol. The Morgan fingerprint density at radius 1 is 1.11 bits per heavy atom. The molecule has 0 saturated carbocycles. The van der Waals surface area contributed by atoms with E-state index in [-0.39, 0.29) is 18.5 Å². The van der Waals surface area contributed by atoms with Crippen molar-refractivity contribution < 1.29 is 14.4 Å². The normalized spacial score (nSPS) is 19.1. The fourth-order valence-corrected chi connectivity index (χ4v) is 3.30. The molecule has 1 heterocycles. The van der Waals surface area contributed by atoms with Crippen molar-refractivity contribution in [3.05, 3.63) is 71.3 Å². The highest BCUT2D eigenvalue weighted by molar-refractivity contribution is 6.07. The van der Waals surface area contributed by atoms with Crippen LogP contribution in [0.3, 0.4) is 0 Å². The topological polar surface area (TPSA) is 81.8 Å². The maximum absolute atomic E-state index is 13.0. The van der Waals surface area contributed by atoms with Crippen LogP contribution in [0.4, 0.5) is 4.79 Å². The Morgan fingerprint density at radius 3 is 2.36 bits per heavy atom. The zero-order valence-corrected chi connectivity index (χ0v) is 16.2. The summed E-state index contributed by atoms with van der Waals surface area (Å²) in [7, 11) is 3.43. The van der Waals surface area contributed by atoms with E-state index in [2.05, 4.69) is 10.6 Å². The standard InChI is InChI=1S/C21H24N4O3/c1-21(17-7-5-4-6-8-17)19(27)25(20(28)23-21)14-24(3)13-15-9-11-16(12-10-15)18(26)22-2/h4-12H,13-14H2,1-3H3,(H,22,26)(H,23,28)/t21-/m0/s1. The molecule has 0 bridgehead atoms. The van der Waals surface area contributed by atoms with E-state index >= 15 is 0 Å². The van der Waals surface area contributed by atoms with Gasteiger partial charge in [0.05, 0.1) is 6.67 Å². The van der Waals surface area contributed by atoms with Crippen LogP contribution in [0.5, 0.6) is 0 Å². The van der Waals surface area contributed by atoms with E-state index in [1.54, 1.807) is 26.1 Å². The third kappa shape index (κ3) is 3.75. The van der Waals surface area contributed by atoms with Crippen LogP contribution in [-0.4, -0.2) is 48.4 Å². The van der Waals surface area contributed by atoms with E-state index in [1.807, 2.05) is 54.4 Å². The maximum atomic E-state index is 13.0. The highest BCUT2D eigenvalue weighted by Gasteiger charge is 2.49. The Morgan fingerprint density at radius 2 is 1.75 bits per heavy atom. The lowest BCUT2D eigenvalue weighted by Gasteiger charge is -2.25. The summed E-state index contributed by atoms with van der Waals surface area (Å²) in [6.45, 7) is 2.43. The molecule has 0 spiro atoms. The van der Waals surface area contributed by atoms with Gasteiger partial charge in [-0.05, 0) is 37.2 Å². The van der Waals surface area contributed by atoms with Crippen molar-refractivity contribution >= 4 is 17.8 Å². The van der Waals surface area contributed by atoms with Crippen LogP contribution in [0.15, 0.2) is 54.6 Å². The van der Waals surface area contributed by atoms with Gasteiger partial charge >= 0.3 is 6.03 Å². The van der Waals surface area contributed by atoms with Crippen LogP contribution in [0.1, 0.15) is 28.4 Å². The van der Waals surface area contributed by atoms with Crippen LogP contribution in [0.25, 0.3) is 0 Å².